The fourth-order valence-corrected chi connectivity index (χ4v) is 0.561. The molecule has 0 aliphatic carbocycles. The zero-order valence-electron chi connectivity index (χ0n) is 5.24. The van der Waals surface area contributed by atoms with Crippen LogP contribution in [-0.2, 0) is 0 Å². The molecule has 1 aromatic heterocycles. The molecule has 1 aromatic rings. The Morgan fingerprint density at radius 2 is 2.36 bits per heavy atom. The maximum Gasteiger partial charge on any atom is 0.356 e. The predicted molar refractivity (Wildman–Crippen MR) is 30.4 cm³/mol. The van der Waals surface area contributed by atoms with Gasteiger partial charge in [-0.1, -0.05) is 0 Å². The van der Waals surface area contributed by atoms with Gasteiger partial charge in [-0.2, -0.15) is 13.9 Å². The summed E-state index contributed by atoms with van der Waals surface area (Å²) in [7, 11) is 0. The Labute approximate surface area is 60.1 Å². The molecule has 1 heterocycles. The minimum atomic E-state index is -2.79. The highest BCUT2D eigenvalue weighted by atomic mass is 19.3. The Morgan fingerprint density at radius 1 is 1.73 bits per heavy atom. The van der Waals surface area contributed by atoms with E-state index in [0.29, 0.717) is 0 Å². The molecular formula is C5H4F2N2O2. The van der Waals surface area contributed by atoms with Crippen LogP contribution in [-0.4, -0.2) is 20.9 Å². The van der Waals surface area contributed by atoms with Gasteiger partial charge in [0.1, 0.15) is 0 Å². The summed E-state index contributed by atoms with van der Waals surface area (Å²) in [6.07, 6.45) is 0.911. The summed E-state index contributed by atoms with van der Waals surface area (Å²) < 4.78 is 23.8. The first kappa shape index (κ1) is 7.64. The Hall–Kier alpha value is -1.46. The average molecular weight is 162 g/mol. The van der Waals surface area contributed by atoms with Gasteiger partial charge in [-0.25, -0.2) is 9.48 Å². The van der Waals surface area contributed by atoms with Crippen LogP contribution in [0.4, 0.5) is 8.78 Å². The lowest BCUT2D eigenvalue weighted by Crippen LogP contribution is -2.02. The van der Waals surface area contributed by atoms with E-state index >= 15 is 0 Å². The van der Waals surface area contributed by atoms with Gasteiger partial charge >= 0.3 is 12.5 Å². The van der Waals surface area contributed by atoms with Crippen LogP contribution in [0.25, 0.3) is 0 Å². The van der Waals surface area contributed by atoms with Crippen LogP contribution in [0.3, 0.4) is 0 Å². The van der Waals surface area contributed by atoms with Crippen molar-refractivity contribution >= 4 is 5.97 Å². The molecule has 0 saturated heterocycles. The first-order chi connectivity index (χ1) is 5.11. The molecule has 4 nitrogen and oxygen atoms in total. The molecule has 0 aromatic carbocycles. The SMILES string of the molecule is O=C(O)c1ccn(C(F)F)n1. The van der Waals surface area contributed by atoms with E-state index in [0.717, 1.165) is 12.3 Å². The van der Waals surface area contributed by atoms with Crippen molar-refractivity contribution in [2.24, 2.45) is 0 Å². The van der Waals surface area contributed by atoms with Crippen LogP contribution >= 0.6 is 0 Å². The lowest BCUT2D eigenvalue weighted by atomic mass is 10.5. The first-order valence-electron chi connectivity index (χ1n) is 2.68. The maximum atomic E-state index is 11.8. The van der Waals surface area contributed by atoms with Crippen molar-refractivity contribution in [3.05, 3.63) is 18.0 Å². The highest BCUT2D eigenvalue weighted by Gasteiger charge is 2.11. The molecule has 6 heteroatoms. The van der Waals surface area contributed by atoms with E-state index in [1.165, 1.54) is 0 Å². The number of rotatable bonds is 2. The molecular weight excluding hydrogens is 158 g/mol. The molecule has 0 aliphatic heterocycles. The van der Waals surface area contributed by atoms with Crippen LogP contribution in [0.15, 0.2) is 12.3 Å². The standard InChI is InChI=1S/C5H4F2N2O2/c6-5(7)9-2-1-3(8-9)4(10)11/h1-2,5H,(H,10,11). The second-order valence-corrected chi connectivity index (χ2v) is 1.76. The summed E-state index contributed by atoms with van der Waals surface area (Å²) in [4.78, 5) is 10.1. The van der Waals surface area contributed by atoms with Crippen molar-refractivity contribution in [3.8, 4) is 0 Å². The summed E-state index contributed by atoms with van der Waals surface area (Å²) in [6.45, 7) is -2.79. The van der Waals surface area contributed by atoms with E-state index in [1.54, 1.807) is 0 Å². The second-order valence-electron chi connectivity index (χ2n) is 1.76. The summed E-state index contributed by atoms with van der Waals surface area (Å²) >= 11 is 0. The summed E-state index contributed by atoms with van der Waals surface area (Å²) in [5.41, 5.74) is -0.384. The Morgan fingerprint density at radius 3 is 2.64 bits per heavy atom. The number of hydrogen-bond donors (Lipinski definition) is 1. The van der Waals surface area contributed by atoms with Gasteiger partial charge in [-0.05, 0) is 6.07 Å². The quantitative estimate of drug-likeness (QED) is 0.705. The lowest BCUT2D eigenvalue weighted by Gasteiger charge is -1.94. The lowest BCUT2D eigenvalue weighted by molar-refractivity contribution is 0.0545. The number of hydrogen-bond acceptors (Lipinski definition) is 2. The van der Waals surface area contributed by atoms with Gasteiger partial charge in [-0.3, -0.25) is 0 Å². The zero-order chi connectivity index (χ0) is 8.43. The summed E-state index contributed by atoms with van der Waals surface area (Å²) in [6, 6.07) is 1.01. The minimum Gasteiger partial charge on any atom is -0.476 e. The van der Waals surface area contributed by atoms with Gasteiger partial charge in [0.15, 0.2) is 5.69 Å². The van der Waals surface area contributed by atoms with Crippen LogP contribution in [0, 0.1) is 0 Å². The molecule has 0 aliphatic rings. The number of aromatic nitrogens is 2. The van der Waals surface area contributed by atoms with Gasteiger partial charge < -0.3 is 5.11 Å². The fraction of sp³-hybridized carbons (Fsp3) is 0.200. The van der Waals surface area contributed by atoms with Gasteiger partial charge in [0.25, 0.3) is 0 Å². The van der Waals surface area contributed by atoms with Crippen molar-refractivity contribution in [2.45, 2.75) is 6.55 Å². The number of alkyl halides is 2. The topological polar surface area (TPSA) is 55.1 Å². The van der Waals surface area contributed by atoms with Gasteiger partial charge in [0, 0.05) is 6.20 Å². The van der Waals surface area contributed by atoms with Crippen LogP contribution in [0.2, 0.25) is 0 Å². The Kier molecular flexibility index (Phi) is 1.84. The molecule has 1 rings (SSSR count). The van der Waals surface area contributed by atoms with E-state index in [-0.39, 0.29) is 10.4 Å². The molecule has 0 radical (unpaired) electrons. The first-order valence-corrected chi connectivity index (χ1v) is 2.68. The third-order valence-electron chi connectivity index (χ3n) is 1.03. The van der Waals surface area contributed by atoms with E-state index in [4.69, 9.17) is 5.11 Å². The van der Waals surface area contributed by atoms with Crippen LogP contribution < -0.4 is 0 Å². The van der Waals surface area contributed by atoms with E-state index in [1.807, 2.05) is 0 Å². The zero-order valence-corrected chi connectivity index (χ0v) is 5.24. The van der Waals surface area contributed by atoms with Crippen LogP contribution in [0.1, 0.15) is 17.0 Å². The Balaban J connectivity index is 2.90. The van der Waals surface area contributed by atoms with Gasteiger partial charge in [-0.15, -0.1) is 0 Å². The van der Waals surface area contributed by atoms with Gasteiger partial charge in [0.2, 0.25) is 0 Å². The molecule has 0 unspecified atom stereocenters. The predicted octanol–water partition coefficient (Wildman–Crippen LogP) is 0.976. The maximum absolute atomic E-state index is 11.8. The molecule has 1 N–H and O–H groups in total. The highest BCUT2D eigenvalue weighted by molar-refractivity contribution is 5.84. The van der Waals surface area contributed by atoms with E-state index < -0.39 is 12.5 Å². The molecule has 0 spiro atoms. The number of aromatic carboxylic acids is 1. The fourth-order valence-electron chi connectivity index (χ4n) is 0.561. The molecule has 0 fully saturated rings. The van der Waals surface area contributed by atoms with Crippen molar-refractivity contribution in [2.75, 3.05) is 0 Å². The summed E-state index contributed by atoms with van der Waals surface area (Å²) in [5.74, 6) is -1.32. The van der Waals surface area contributed by atoms with Crippen molar-refractivity contribution < 1.29 is 18.7 Å². The number of carbonyl (C=O) groups is 1. The van der Waals surface area contributed by atoms with Gasteiger partial charge in [0.05, 0.1) is 0 Å². The van der Waals surface area contributed by atoms with Crippen molar-refractivity contribution in [1.82, 2.24) is 9.78 Å². The number of halogens is 2. The monoisotopic (exact) mass is 162 g/mol. The average Bonchev–Trinajstić information content (AvgIpc) is 2.33. The number of nitrogens with zero attached hydrogens (tertiary/aromatic N) is 2. The molecule has 60 valence electrons. The summed E-state index contributed by atoms with van der Waals surface area (Å²) in [5, 5.41) is 11.3. The smallest absolute Gasteiger partial charge is 0.356 e. The van der Waals surface area contributed by atoms with E-state index in [9.17, 15) is 13.6 Å². The second kappa shape index (κ2) is 2.65. The van der Waals surface area contributed by atoms with Crippen molar-refractivity contribution in [3.63, 3.8) is 0 Å². The highest BCUT2D eigenvalue weighted by Crippen LogP contribution is 2.08. The normalized spacial score (nSPS) is 10.5. The largest absolute Gasteiger partial charge is 0.476 e. The van der Waals surface area contributed by atoms with Crippen molar-refractivity contribution in [1.29, 1.82) is 0 Å². The third kappa shape index (κ3) is 1.51. The molecule has 0 atom stereocenters. The molecule has 11 heavy (non-hydrogen) atoms. The number of carboxylic acid groups (broad SMARTS) is 1. The minimum absolute atomic E-state index is 0.281. The Bertz CT molecular complexity index is 271. The molecule has 0 amide bonds. The molecule has 0 bridgehead atoms. The third-order valence-corrected chi connectivity index (χ3v) is 1.03. The van der Waals surface area contributed by atoms with Crippen LogP contribution in [0.5, 0.6) is 0 Å². The van der Waals surface area contributed by atoms with E-state index in [2.05, 4.69) is 5.10 Å². The number of carboxylic acids is 1. The molecule has 0 saturated carbocycles.